The van der Waals surface area contributed by atoms with Crippen LogP contribution in [0.1, 0.15) is 5.56 Å². The molecule has 0 spiro atoms. The molecule has 0 fully saturated rings. The van der Waals surface area contributed by atoms with Gasteiger partial charge < -0.3 is 18.6 Å². The van der Waals surface area contributed by atoms with Gasteiger partial charge in [0.2, 0.25) is 0 Å². The molecule has 0 N–H and O–H groups in total. The maximum absolute atomic E-state index is 6.83. The van der Waals surface area contributed by atoms with Crippen LogP contribution in [0.5, 0.6) is 0 Å². The van der Waals surface area contributed by atoms with Crippen LogP contribution in [0.2, 0.25) is 10.0 Å². The van der Waals surface area contributed by atoms with E-state index in [9.17, 15) is 0 Å². The van der Waals surface area contributed by atoms with Gasteiger partial charge in [0, 0.05) is 54.3 Å². The summed E-state index contributed by atoms with van der Waals surface area (Å²) in [5.41, 5.74) is 14.1. The number of aryl methyl sites for hydroxylation is 1. The largest absolute Gasteiger partial charge is 0.454 e. The summed E-state index contributed by atoms with van der Waals surface area (Å²) in [6, 6.07) is 46.3. The molecule has 0 saturated heterocycles. The van der Waals surface area contributed by atoms with Gasteiger partial charge in [-0.25, -0.2) is 0 Å². The highest BCUT2D eigenvalue weighted by Crippen LogP contribution is 2.49. The zero-order valence-corrected chi connectivity index (χ0v) is 28.3. The van der Waals surface area contributed by atoms with Crippen molar-refractivity contribution >= 4 is 124 Å². The third-order valence-electron chi connectivity index (χ3n) is 10.4. The summed E-state index contributed by atoms with van der Waals surface area (Å²) in [6.07, 6.45) is 0. The Morgan fingerprint density at radius 1 is 0.460 bits per heavy atom. The van der Waals surface area contributed by atoms with Crippen LogP contribution in [0, 0.1) is 6.92 Å². The van der Waals surface area contributed by atoms with Crippen molar-refractivity contribution in [2.24, 2.45) is 0 Å². The van der Waals surface area contributed by atoms with Gasteiger partial charge in [0.25, 0.3) is 6.71 Å². The Morgan fingerprint density at radius 3 is 1.42 bits per heavy atom. The number of halogens is 2. The first-order valence-electron chi connectivity index (χ1n) is 16.7. The number of hydrogen-bond donors (Lipinski definition) is 0. The lowest BCUT2D eigenvalue weighted by Crippen LogP contribution is -2.61. The number of anilines is 6. The molecule has 0 radical (unpaired) electrons. The van der Waals surface area contributed by atoms with Gasteiger partial charge in [0.1, 0.15) is 11.2 Å². The molecule has 2 aliphatic heterocycles. The molecule has 0 atom stereocenters. The van der Waals surface area contributed by atoms with E-state index in [0.717, 1.165) is 94.5 Å². The monoisotopic (exact) mass is 682 g/mol. The predicted molar refractivity (Wildman–Crippen MR) is 210 cm³/mol. The molecule has 9 aromatic rings. The summed E-state index contributed by atoms with van der Waals surface area (Å²) in [5.74, 6) is 0. The Morgan fingerprint density at radius 2 is 0.920 bits per heavy atom. The molecule has 0 amide bonds. The van der Waals surface area contributed by atoms with Crippen LogP contribution < -0.4 is 26.2 Å². The number of benzene rings is 7. The Kier molecular flexibility index (Phi) is 5.77. The number of para-hydroxylation sites is 4. The van der Waals surface area contributed by atoms with Crippen molar-refractivity contribution in [1.29, 1.82) is 0 Å². The van der Waals surface area contributed by atoms with Crippen LogP contribution in [-0.2, 0) is 0 Å². The number of hydrogen-bond acceptors (Lipinski definition) is 4. The van der Waals surface area contributed by atoms with Gasteiger partial charge in [-0.2, -0.15) is 0 Å². The fourth-order valence-electron chi connectivity index (χ4n) is 8.41. The van der Waals surface area contributed by atoms with Crippen LogP contribution in [-0.4, -0.2) is 6.71 Å². The van der Waals surface area contributed by atoms with Crippen LogP contribution in [0.4, 0.5) is 34.1 Å². The Balaban J connectivity index is 1.26. The maximum atomic E-state index is 6.83. The molecule has 0 aliphatic carbocycles. The number of nitrogens with zero attached hydrogens (tertiary/aromatic N) is 2. The highest BCUT2D eigenvalue weighted by molar-refractivity contribution is 7.00. The van der Waals surface area contributed by atoms with Crippen LogP contribution in [0.3, 0.4) is 0 Å². The first kappa shape index (κ1) is 28.2. The van der Waals surface area contributed by atoms with E-state index in [1.807, 2.05) is 36.4 Å². The minimum atomic E-state index is -0.0719. The molecule has 4 heterocycles. The molecule has 0 bridgehead atoms. The van der Waals surface area contributed by atoms with Crippen molar-refractivity contribution in [2.75, 3.05) is 9.80 Å². The van der Waals surface area contributed by atoms with Gasteiger partial charge in [0.05, 0.1) is 11.4 Å². The summed E-state index contributed by atoms with van der Waals surface area (Å²) in [6.45, 7) is 2.09. The van der Waals surface area contributed by atoms with Crippen molar-refractivity contribution in [3.05, 3.63) is 149 Å². The third kappa shape index (κ3) is 3.79. The lowest BCUT2D eigenvalue weighted by atomic mass is 9.33. The molecule has 11 rings (SSSR count). The fraction of sp³-hybridized carbons (Fsp3) is 0.0233. The highest BCUT2D eigenvalue weighted by atomic mass is 35.5. The zero-order valence-electron chi connectivity index (χ0n) is 26.7. The Bertz CT molecular complexity index is 2720. The number of furan rings is 2. The predicted octanol–water partition coefficient (Wildman–Crippen LogP) is 11.2. The molecule has 7 aromatic carbocycles. The van der Waals surface area contributed by atoms with Gasteiger partial charge in [0.15, 0.2) is 11.2 Å². The second kappa shape index (κ2) is 10.2. The van der Waals surface area contributed by atoms with Gasteiger partial charge in [-0.1, -0.05) is 96.0 Å². The summed E-state index contributed by atoms with van der Waals surface area (Å²) >= 11 is 13.7. The normalized spacial score (nSPS) is 13.4. The SMILES string of the molecule is Cc1cc2c3c(c1)N(c1cccc4c1oc1ccccc14)c1cc(Cl)ccc1B3c1ccc(Cl)cc1N2c1cccc2c1oc1ccccc12. The molecule has 4 nitrogen and oxygen atoms in total. The van der Waals surface area contributed by atoms with Crippen LogP contribution in [0.25, 0.3) is 43.9 Å². The lowest BCUT2D eigenvalue weighted by molar-refractivity contribution is 0.669. The summed E-state index contributed by atoms with van der Waals surface area (Å²) < 4.78 is 13.3. The summed E-state index contributed by atoms with van der Waals surface area (Å²) in [7, 11) is 0. The maximum Gasteiger partial charge on any atom is 0.252 e. The van der Waals surface area contributed by atoms with E-state index in [4.69, 9.17) is 32.0 Å². The van der Waals surface area contributed by atoms with Gasteiger partial charge in [-0.3, -0.25) is 0 Å². The zero-order chi connectivity index (χ0) is 33.2. The van der Waals surface area contributed by atoms with Crippen molar-refractivity contribution < 1.29 is 8.83 Å². The van der Waals surface area contributed by atoms with Crippen molar-refractivity contribution in [3.63, 3.8) is 0 Å². The van der Waals surface area contributed by atoms with E-state index in [2.05, 4.69) is 114 Å². The minimum Gasteiger partial charge on any atom is -0.454 e. The van der Waals surface area contributed by atoms with Gasteiger partial charge in [-0.15, -0.1) is 0 Å². The molecule has 236 valence electrons. The molecular formula is C43H25BCl2N2O2. The Hall–Kier alpha value is -5.62. The van der Waals surface area contributed by atoms with Gasteiger partial charge >= 0.3 is 0 Å². The smallest absolute Gasteiger partial charge is 0.252 e. The molecule has 0 unspecified atom stereocenters. The van der Waals surface area contributed by atoms with Crippen molar-refractivity contribution in [1.82, 2.24) is 0 Å². The van der Waals surface area contributed by atoms with Crippen molar-refractivity contribution in [3.8, 4) is 0 Å². The Labute approximate surface area is 297 Å². The third-order valence-corrected chi connectivity index (χ3v) is 10.9. The second-order valence-corrected chi connectivity index (χ2v) is 14.1. The standard InChI is InChI=1S/C43H25BCl2N2O2/c1-24-20-37-41-38(21-24)48(34-13-7-11-30-28-9-3-5-15-40(28)50-43(30)34)36-23-26(46)17-19-32(36)44(41)31-18-16-25(45)22-35(31)47(37)33-12-6-10-29-27-8-2-4-14-39(27)49-42(29)33/h2-23H,1H3. The lowest BCUT2D eigenvalue weighted by Gasteiger charge is -2.44. The number of fused-ring (bicyclic) bond motifs is 10. The topological polar surface area (TPSA) is 32.8 Å². The molecule has 7 heteroatoms. The average Bonchev–Trinajstić information content (AvgIpc) is 3.70. The number of rotatable bonds is 2. The van der Waals surface area contributed by atoms with E-state index < -0.39 is 0 Å². The minimum absolute atomic E-state index is 0.0719. The second-order valence-electron chi connectivity index (χ2n) is 13.2. The first-order chi connectivity index (χ1) is 24.5. The fourth-order valence-corrected chi connectivity index (χ4v) is 8.74. The quantitative estimate of drug-likeness (QED) is 0.170. The average molecular weight is 683 g/mol. The van der Waals surface area contributed by atoms with Gasteiger partial charge in [-0.05, 0) is 89.5 Å². The van der Waals surface area contributed by atoms with Crippen LogP contribution in [0.15, 0.2) is 142 Å². The van der Waals surface area contributed by atoms with Crippen LogP contribution >= 0.6 is 23.2 Å². The molecule has 0 saturated carbocycles. The first-order valence-corrected chi connectivity index (χ1v) is 17.4. The van der Waals surface area contributed by atoms with E-state index in [1.54, 1.807) is 0 Å². The molecule has 2 aliphatic rings. The summed E-state index contributed by atoms with van der Waals surface area (Å²) in [4.78, 5) is 4.68. The van der Waals surface area contributed by atoms with E-state index in [0.29, 0.717) is 10.0 Å². The molecule has 2 aromatic heterocycles. The van der Waals surface area contributed by atoms with E-state index in [-0.39, 0.29) is 6.71 Å². The van der Waals surface area contributed by atoms with E-state index >= 15 is 0 Å². The summed E-state index contributed by atoms with van der Waals surface area (Å²) in [5, 5.41) is 5.67. The highest BCUT2D eigenvalue weighted by Gasteiger charge is 2.44. The molecular weight excluding hydrogens is 658 g/mol. The molecule has 50 heavy (non-hydrogen) atoms. The van der Waals surface area contributed by atoms with E-state index in [1.165, 1.54) is 5.46 Å². The van der Waals surface area contributed by atoms with Crippen molar-refractivity contribution in [2.45, 2.75) is 6.92 Å².